The molecule has 49 heavy (non-hydrogen) atoms. The highest BCUT2D eigenvalue weighted by Crippen LogP contribution is 2.24. The number of hydrogen-bond acceptors (Lipinski definition) is 9. The van der Waals surface area contributed by atoms with E-state index in [2.05, 4.69) is 36.7 Å². The number of aromatic hydroxyl groups is 3. The third kappa shape index (κ3) is 17.7. The van der Waals surface area contributed by atoms with Crippen LogP contribution in [0.15, 0.2) is 59.6 Å². The van der Waals surface area contributed by atoms with Crippen LogP contribution in [0.1, 0.15) is 38.3 Å². The first kappa shape index (κ1) is 44.0. The number of phenols is 3. The lowest BCUT2D eigenvalue weighted by Gasteiger charge is -2.04. The topological polar surface area (TPSA) is 140 Å². The normalized spacial score (nSPS) is 9.92. The van der Waals surface area contributed by atoms with Crippen molar-refractivity contribution in [1.29, 1.82) is 0 Å². The average Bonchev–Trinajstić information content (AvgIpc) is 3.04. The number of carbonyl (C=O) groups is 3. The number of benzene rings is 3. The van der Waals surface area contributed by atoms with Crippen LogP contribution in [0, 0.1) is 34.9 Å². The summed E-state index contributed by atoms with van der Waals surface area (Å²) in [5.41, 5.74) is 0.432. The maximum Gasteiger partial charge on any atom is 0.330 e. The molecular weight excluding hydrogens is 734 g/mol. The summed E-state index contributed by atoms with van der Waals surface area (Å²) in [6.45, 7) is 9.20. The second-order valence-electron chi connectivity index (χ2n) is 8.81. The molecule has 3 rings (SSSR count). The summed E-state index contributed by atoms with van der Waals surface area (Å²) in [6, 6.07) is 5.79. The summed E-state index contributed by atoms with van der Waals surface area (Å²) in [4.78, 5) is 32.0. The second-order valence-corrected chi connectivity index (χ2v) is 9.72. The Labute approximate surface area is 286 Å². The van der Waals surface area contributed by atoms with Crippen LogP contribution in [0.25, 0.3) is 6.08 Å². The fourth-order valence-electron chi connectivity index (χ4n) is 3.01. The van der Waals surface area contributed by atoms with Crippen LogP contribution >= 0.6 is 15.9 Å². The smallest absolute Gasteiger partial charge is 0.330 e. The predicted molar refractivity (Wildman–Crippen MR) is 169 cm³/mol. The van der Waals surface area contributed by atoms with E-state index in [9.17, 15) is 40.7 Å². The molecule has 0 radical (unpaired) electrons. The van der Waals surface area contributed by atoms with Gasteiger partial charge in [-0.3, -0.25) is 4.79 Å². The highest BCUT2D eigenvalue weighted by Gasteiger charge is 2.11. The fraction of sp³-hybridized carbons (Fsp3) is 0.242. The van der Waals surface area contributed by atoms with E-state index in [1.54, 1.807) is 20.8 Å². The number of aryl methyl sites for hydroxylation is 1. The van der Waals surface area contributed by atoms with Gasteiger partial charge in [0.25, 0.3) is 0 Å². The lowest BCUT2D eigenvalue weighted by Crippen LogP contribution is -2.05. The largest absolute Gasteiger partial charge is 0.503 e. The first-order valence-electron chi connectivity index (χ1n) is 14.0. The Balaban J connectivity index is 0.000000657. The molecule has 0 aliphatic carbocycles. The summed E-state index contributed by atoms with van der Waals surface area (Å²) in [5, 5.41) is 26.2. The molecule has 16 heteroatoms. The van der Waals surface area contributed by atoms with Gasteiger partial charge in [0.1, 0.15) is 0 Å². The van der Waals surface area contributed by atoms with Crippen LogP contribution in [0.5, 0.6) is 17.2 Å². The van der Waals surface area contributed by atoms with E-state index in [1.807, 2.05) is 0 Å². The van der Waals surface area contributed by atoms with Gasteiger partial charge in [-0.15, -0.1) is 0 Å². The van der Waals surface area contributed by atoms with Gasteiger partial charge in [0.2, 0.25) is 0 Å². The summed E-state index contributed by atoms with van der Waals surface area (Å²) in [6.07, 6.45) is 3.62. The number of rotatable bonds is 9. The Morgan fingerprint density at radius 1 is 0.673 bits per heavy atom. The van der Waals surface area contributed by atoms with E-state index < -0.39 is 64.1 Å². The Morgan fingerprint density at radius 2 is 1.06 bits per heavy atom. The van der Waals surface area contributed by atoms with Crippen LogP contribution in [0.2, 0.25) is 0 Å². The monoisotopic (exact) mass is 766 g/mol. The highest BCUT2D eigenvalue weighted by molar-refractivity contribution is 9.10. The maximum absolute atomic E-state index is 12.9. The predicted octanol–water partition coefficient (Wildman–Crippen LogP) is 7.58. The number of hydrogen-bond donors (Lipinski definition) is 3. The van der Waals surface area contributed by atoms with Gasteiger partial charge in [-0.2, -0.15) is 0 Å². The van der Waals surface area contributed by atoms with Gasteiger partial charge in [0, 0.05) is 23.0 Å². The molecule has 0 atom stereocenters. The lowest BCUT2D eigenvalue weighted by atomic mass is 10.1. The van der Waals surface area contributed by atoms with E-state index >= 15 is 0 Å². The zero-order valence-electron chi connectivity index (χ0n) is 26.4. The summed E-state index contributed by atoms with van der Waals surface area (Å²) in [5.74, 6) is -10.5. The Morgan fingerprint density at radius 3 is 1.45 bits per heavy atom. The molecule has 3 aromatic rings. The van der Waals surface area contributed by atoms with Crippen LogP contribution < -0.4 is 0 Å². The molecule has 268 valence electrons. The molecule has 3 aromatic carbocycles. The zero-order valence-corrected chi connectivity index (χ0v) is 28.0. The molecule has 9 nitrogen and oxygen atoms in total. The van der Waals surface area contributed by atoms with Gasteiger partial charge in [-0.1, -0.05) is 22.5 Å². The molecule has 0 amide bonds. The number of ether oxygens (including phenoxy) is 3. The van der Waals surface area contributed by atoms with E-state index in [0.717, 1.165) is 48.6 Å². The minimum atomic E-state index is -1.08. The van der Waals surface area contributed by atoms with E-state index in [-0.39, 0.29) is 42.1 Å². The standard InChI is InChI=1S/C11H12F2O3.C11H10F2O3.C6H3BrF2O.C5H8O2/c2*1-2-16-10(14)4-3-7-5-8(12)11(15)9(13)6-7;7-3-1-4(8)6(10)5(9)2-3;1-3-5(6)7-4-2/h5-6,15H,2-4H2,1H3;3-6,15H,2H2,1H3;1-2,10H;3H,1,4H2,2H3/b;4-3+;;. The molecule has 0 aromatic heterocycles. The van der Waals surface area contributed by atoms with Crippen molar-refractivity contribution in [3.63, 3.8) is 0 Å². The van der Waals surface area contributed by atoms with Crippen molar-refractivity contribution in [1.82, 2.24) is 0 Å². The fourth-order valence-corrected chi connectivity index (χ4v) is 3.42. The molecule has 0 saturated carbocycles. The second kappa shape index (κ2) is 23.4. The molecule has 0 saturated heterocycles. The molecule has 3 N–H and O–H groups in total. The molecular formula is C33H33BrF6O9. The minimum Gasteiger partial charge on any atom is -0.503 e. The van der Waals surface area contributed by atoms with Gasteiger partial charge in [0.05, 0.1) is 19.8 Å². The van der Waals surface area contributed by atoms with Crippen molar-refractivity contribution in [2.24, 2.45) is 0 Å². The molecule has 0 aliphatic heterocycles. The van der Waals surface area contributed by atoms with Gasteiger partial charge < -0.3 is 29.5 Å². The quantitative estimate of drug-likeness (QED) is 0.0871. The van der Waals surface area contributed by atoms with E-state index in [4.69, 9.17) is 15.3 Å². The Bertz CT molecular complexity index is 1530. The van der Waals surface area contributed by atoms with E-state index in [1.165, 1.54) is 6.08 Å². The van der Waals surface area contributed by atoms with Gasteiger partial charge in [-0.25, -0.2) is 35.9 Å². The van der Waals surface area contributed by atoms with Crippen molar-refractivity contribution in [3.05, 3.63) is 106 Å². The lowest BCUT2D eigenvalue weighted by molar-refractivity contribution is -0.143. The molecule has 0 fully saturated rings. The third-order valence-corrected chi connectivity index (χ3v) is 5.63. The Hall–Kier alpha value is -4.99. The van der Waals surface area contributed by atoms with Crippen LogP contribution in [0.3, 0.4) is 0 Å². The molecule has 0 aliphatic rings. The van der Waals surface area contributed by atoms with Crippen LogP contribution in [0.4, 0.5) is 26.3 Å². The first-order chi connectivity index (χ1) is 23.0. The van der Waals surface area contributed by atoms with Crippen LogP contribution in [-0.4, -0.2) is 53.0 Å². The van der Waals surface area contributed by atoms with Crippen molar-refractivity contribution in [2.45, 2.75) is 33.6 Å². The van der Waals surface area contributed by atoms with Crippen molar-refractivity contribution in [2.75, 3.05) is 19.8 Å². The SMILES string of the molecule is C=CC(=O)OCC.CCOC(=O)/C=C/c1cc(F)c(O)c(F)c1.CCOC(=O)CCc1cc(F)c(O)c(F)c1.Oc1c(F)cc(Br)cc1F. The maximum atomic E-state index is 12.9. The molecule has 0 spiro atoms. The zero-order chi connectivity index (χ0) is 37.7. The number of esters is 3. The average molecular weight is 768 g/mol. The summed E-state index contributed by atoms with van der Waals surface area (Å²) >= 11 is 2.86. The third-order valence-electron chi connectivity index (χ3n) is 5.17. The van der Waals surface area contributed by atoms with Crippen LogP contribution in [-0.2, 0) is 35.0 Å². The highest BCUT2D eigenvalue weighted by atomic mass is 79.9. The van der Waals surface area contributed by atoms with Crippen molar-refractivity contribution >= 4 is 39.9 Å². The first-order valence-corrected chi connectivity index (χ1v) is 14.8. The molecule has 0 unspecified atom stereocenters. The molecule has 0 heterocycles. The van der Waals surface area contributed by atoms with Crippen molar-refractivity contribution < 1.29 is 70.3 Å². The molecule has 0 bridgehead atoms. The van der Waals surface area contributed by atoms with Gasteiger partial charge >= 0.3 is 17.9 Å². The Kier molecular flexibility index (Phi) is 21.0. The summed E-state index contributed by atoms with van der Waals surface area (Å²) in [7, 11) is 0. The number of carbonyl (C=O) groups excluding carboxylic acids is 3. The van der Waals surface area contributed by atoms with Crippen molar-refractivity contribution in [3.8, 4) is 17.2 Å². The van der Waals surface area contributed by atoms with E-state index in [0.29, 0.717) is 12.2 Å². The minimum absolute atomic E-state index is 0.0531. The number of phenolic OH excluding ortho intramolecular Hbond substituents is 3. The number of halogens is 7. The van der Waals surface area contributed by atoms with Gasteiger partial charge in [0.15, 0.2) is 52.2 Å². The summed E-state index contributed by atoms with van der Waals surface area (Å²) < 4.78 is 90.2. The van der Waals surface area contributed by atoms with Gasteiger partial charge in [-0.05, 0) is 80.8 Å².